The number of hydrogen-bond donors (Lipinski definition) is 2. The summed E-state index contributed by atoms with van der Waals surface area (Å²) < 4.78 is 28.7. The van der Waals surface area contributed by atoms with Crippen molar-refractivity contribution >= 4 is 49.6 Å². The van der Waals surface area contributed by atoms with Gasteiger partial charge in [-0.3, -0.25) is 0 Å². The largest absolute Gasteiger partial charge is 0.488 e. The molecule has 2 aliphatic carbocycles. The summed E-state index contributed by atoms with van der Waals surface area (Å²) in [5.41, 5.74) is 5.36. The minimum Gasteiger partial charge on any atom is -0.488 e. The third-order valence-corrected chi connectivity index (χ3v) is 17.1. The summed E-state index contributed by atoms with van der Waals surface area (Å²) in [6, 6.07) is 19.6. The Morgan fingerprint density at radius 1 is 0.586 bits per heavy atom. The second-order valence-corrected chi connectivity index (χ2v) is 34.2. The van der Waals surface area contributed by atoms with Gasteiger partial charge in [0.1, 0.15) is 60.5 Å². The summed E-state index contributed by atoms with van der Waals surface area (Å²) in [5.74, 6) is 3.65. The van der Waals surface area contributed by atoms with Crippen molar-refractivity contribution in [2.75, 3.05) is 62.3 Å². The first-order valence-corrected chi connectivity index (χ1v) is 33.0. The number of nitrogens with zero attached hydrogens (tertiary/aromatic N) is 10. The van der Waals surface area contributed by atoms with E-state index in [1.165, 1.54) is 0 Å². The van der Waals surface area contributed by atoms with Crippen molar-refractivity contribution in [3.05, 3.63) is 61.2 Å². The first-order chi connectivity index (χ1) is 33.4. The fourth-order valence-corrected chi connectivity index (χ4v) is 10.4. The summed E-state index contributed by atoms with van der Waals surface area (Å²) in [5, 5.41) is 18.8. The number of fused-ring (bicyclic) bond motifs is 2. The lowest BCUT2D eigenvalue weighted by Gasteiger charge is -2.32. The Morgan fingerprint density at radius 2 is 1.00 bits per heavy atom. The van der Waals surface area contributed by atoms with Gasteiger partial charge in [-0.25, -0.2) is 29.3 Å². The van der Waals surface area contributed by atoms with Crippen LogP contribution in [-0.2, 0) is 22.9 Å². The van der Waals surface area contributed by atoms with Crippen LogP contribution in [0.5, 0.6) is 11.5 Å². The van der Waals surface area contributed by atoms with Crippen molar-refractivity contribution in [3.8, 4) is 34.3 Å². The topological polar surface area (TPSA) is 155 Å². The number of anilines is 2. The molecular weight excluding hydrogens is 913 g/mol. The van der Waals surface area contributed by atoms with Gasteiger partial charge in [-0.05, 0) is 102 Å². The minimum absolute atomic E-state index is 0.0368. The monoisotopic (exact) mass is 989 g/mol. The molecule has 4 aromatic heterocycles. The van der Waals surface area contributed by atoms with Gasteiger partial charge in [0.25, 0.3) is 0 Å². The summed E-state index contributed by atoms with van der Waals surface area (Å²) in [6.07, 6.45) is 7.72. The highest BCUT2D eigenvalue weighted by Gasteiger charge is 2.41. The zero-order valence-electron chi connectivity index (χ0n) is 43.3. The van der Waals surface area contributed by atoms with Crippen molar-refractivity contribution in [2.45, 2.75) is 141 Å². The SMILES string of the molecule is C[C@@H]1CN(c2cc(-c3c4cc(OC5(C)CC5)ccc4nn3COCC[Si](C)(C)C)ncn2)CCN1.C[C@H]1CN(c2cc(-c3c4cc(OC5(C)CC5)ccc4nn3COCC[Si](C)(C)C)ncn2)CCN1. The number of aromatic nitrogens is 8. The molecule has 16 nitrogen and oxygen atoms in total. The zero-order chi connectivity index (χ0) is 49.3. The summed E-state index contributed by atoms with van der Waals surface area (Å²) in [7, 11) is -2.33. The Morgan fingerprint density at radius 3 is 1.37 bits per heavy atom. The first kappa shape index (κ1) is 50.0. The molecule has 4 fully saturated rings. The maximum Gasteiger partial charge on any atom is 0.140 e. The number of benzene rings is 2. The maximum atomic E-state index is 6.28. The second-order valence-electron chi connectivity index (χ2n) is 23.0. The number of piperazine rings is 2. The van der Waals surface area contributed by atoms with Crippen LogP contribution in [0, 0.1) is 0 Å². The molecule has 2 saturated carbocycles. The van der Waals surface area contributed by atoms with E-state index >= 15 is 0 Å². The van der Waals surface area contributed by atoms with Gasteiger partial charge in [0.05, 0.1) is 33.8 Å². The van der Waals surface area contributed by atoms with Crippen LogP contribution in [-0.4, -0.2) is 131 Å². The molecule has 2 atom stereocenters. The van der Waals surface area contributed by atoms with E-state index in [2.05, 4.69) is 132 Å². The lowest BCUT2D eigenvalue weighted by atomic mass is 10.1. The van der Waals surface area contributed by atoms with Gasteiger partial charge in [0, 0.05) is 104 Å². The van der Waals surface area contributed by atoms with Crippen LogP contribution >= 0.6 is 0 Å². The molecule has 2 aliphatic heterocycles. The van der Waals surface area contributed by atoms with E-state index in [0.717, 1.165) is 158 Å². The fourth-order valence-electron chi connectivity index (χ4n) is 8.84. The maximum absolute atomic E-state index is 6.28. The molecule has 10 rings (SSSR count). The van der Waals surface area contributed by atoms with Crippen LogP contribution in [0.15, 0.2) is 61.2 Å². The Hall–Kier alpha value is -4.99. The average Bonchev–Trinajstić information content (AvgIpc) is 4.15. The van der Waals surface area contributed by atoms with Crippen LogP contribution in [0.1, 0.15) is 53.4 Å². The van der Waals surface area contributed by atoms with Crippen molar-refractivity contribution in [1.29, 1.82) is 0 Å². The molecule has 0 bridgehead atoms. The Labute approximate surface area is 416 Å². The molecule has 0 radical (unpaired) electrons. The molecule has 6 heterocycles. The van der Waals surface area contributed by atoms with E-state index in [1.807, 2.05) is 33.6 Å². The molecular formula is C52H76N12O4Si2. The molecule has 70 heavy (non-hydrogen) atoms. The van der Waals surface area contributed by atoms with Crippen LogP contribution in [0.2, 0.25) is 51.4 Å². The summed E-state index contributed by atoms with van der Waals surface area (Å²) >= 11 is 0. The number of ether oxygens (including phenoxy) is 4. The molecule has 0 unspecified atom stereocenters. The van der Waals surface area contributed by atoms with Crippen molar-refractivity contribution in [2.24, 2.45) is 0 Å². The third kappa shape index (κ3) is 12.9. The highest BCUT2D eigenvalue weighted by atomic mass is 28.3. The van der Waals surface area contributed by atoms with Gasteiger partial charge in [-0.15, -0.1) is 0 Å². The second kappa shape index (κ2) is 20.6. The average molecular weight is 989 g/mol. The van der Waals surface area contributed by atoms with E-state index in [-0.39, 0.29) is 11.2 Å². The summed E-state index contributed by atoms with van der Waals surface area (Å²) in [4.78, 5) is 23.2. The lowest BCUT2D eigenvalue weighted by Crippen LogP contribution is -2.49. The highest BCUT2D eigenvalue weighted by Crippen LogP contribution is 2.42. The third-order valence-electron chi connectivity index (χ3n) is 13.7. The van der Waals surface area contributed by atoms with E-state index in [4.69, 9.17) is 29.1 Å². The predicted octanol–water partition coefficient (Wildman–Crippen LogP) is 9.07. The Bertz CT molecular complexity index is 2560. The zero-order valence-corrected chi connectivity index (χ0v) is 45.3. The molecule has 0 spiro atoms. The van der Waals surface area contributed by atoms with Crippen molar-refractivity contribution in [1.82, 2.24) is 50.1 Å². The highest BCUT2D eigenvalue weighted by molar-refractivity contribution is 6.76. The molecule has 6 aromatic rings. The minimum atomic E-state index is -1.16. The van der Waals surface area contributed by atoms with Gasteiger partial charge in [-0.1, -0.05) is 39.3 Å². The molecule has 18 heteroatoms. The first-order valence-electron chi connectivity index (χ1n) is 25.5. The predicted molar refractivity (Wildman–Crippen MR) is 286 cm³/mol. The molecule has 376 valence electrons. The van der Waals surface area contributed by atoms with E-state index in [9.17, 15) is 0 Å². The van der Waals surface area contributed by atoms with Gasteiger partial charge in [0.2, 0.25) is 0 Å². The molecule has 0 amide bonds. The van der Waals surface area contributed by atoms with E-state index < -0.39 is 16.1 Å². The van der Waals surface area contributed by atoms with Crippen LogP contribution in [0.4, 0.5) is 11.6 Å². The number of rotatable bonds is 18. The molecule has 2 aromatic carbocycles. The van der Waals surface area contributed by atoms with Crippen molar-refractivity contribution < 1.29 is 18.9 Å². The van der Waals surface area contributed by atoms with E-state index in [1.54, 1.807) is 12.7 Å². The van der Waals surface area contributed by atoms with Gasteiger partial charge in [0.15, 0.2) is 0 Å². The van der Waals surface area contributed by atoms with Crippen molar-refractivity contribution in [3.63, 3.8) is 0 Å². The van der Waals surface area contributed by atoms with Crippen LogP contribution in [0.25, 0.3) is 44.6 Å². The fraction of sp³-hybridized carbons (Fsp3) is 0.577. The van der Waals surface area contributed by atoms with E-state index in [0.29, 0.717) is 25.5 Å². The molecule has 4 aliphatic rings. The quantitative estimate of drug-likeness (QED) is 0.0622. The summed E-state index contributed by atoms with van der Waals surface area (Å²) in [6.45, 7) is 30.8. The Kier molecular flexibility index (Phi) is 14.7. The standard InChI is InChI=1S/2C26H38N6O2Si/c2*1-19-16-31(11-10-27-19)24-15-23(28-17-29-24)25-21-14-20(34-26(2)8-9-26)6-7-22(21)30-32(25)18-33-12-13-35(3,4)5/h2*6-7,14-15,17,19,27H,8-13,16,18H2,1-5H3/t2*19-/m10/s1. The Balaban J connectivity index is 0.000000174. The van der Waals surface area contributed by atoms with Gasteiger partial charge < -0.3 is 39.4 Å². The van der Waals surface area contributed by atoms with Gasteiger partial charge in [-0.2, -0.15) is 10.2 Å². The normalized spacial score (nSPS) is 19.8. The van der Waals surface area contributed by atoms with Crippen LogP contribution < -0.4 is 29.9 Å². The lowest BCUT2D eigenvalue weighted by molar-refractivity contribution is 0.0801. The molecule has 2 saturated heterocycles. The smallest absolute Gasteiger partial charge is 0.140 e. The van der Waals surface area contributed by atoms with Crippen LogP contribution in [0.3, 0.4) is 0 Å². The number of hydrogen-bond acceptors (Lipinski definition) is 14. The van der Waals surface area contributed by atoms with Gasteiger partial charge >= 0.3 is 0 Å². The number of nitrogens with one attached hydrogen (secondary N) is 2. The molecule has 2 N–H and O–H groups in total.